The lowest BCUT2D eigenvalue weighted by Gasteiger charge is -2.19. The molecule has 4 heteroatoms. The van der Waals surface area contributed by atoms with Gasteiger partial charge in [-0.2, -0.15) is 0 Å². The molecule has 0 saturated carbocycles. The maximum atomic E-state index is 6.08. The largest absolute Gasteiger partial charge is 0.226 e. The van der Waals surface area contributed by atoms with Gasteiger partial charge in [0.1, 0.15) is 16.0 Å². The Balaban J connectivity index is 2.22. The van der Waals surface area contributed by atoms with Gasteiger partial charge in [0, 0.05) is 16.9 Å². The van der Waals surface area contributed by atoms with E-state index in [1.807, 2.05) is 6.07 Å². The van der Waals surface area contributed by atoms with Crippen molar-refractivity contribution in [2.75, 3.05) is 0 Å². The molecule has 0 aliphatic carbocycles. The Bertz CT molecular complexity index is 616. The monoisotopic (exact) mass is 320 g/mol. The number of hydrogen-bond donors (Lipinski definition) is 0. The topological polar surface area (TPSA) is 25.8 Å². The normalized spacial score (nSPS) is 12.0. The summed E-state index contributed by atoms with van der Waals surface area (Å²) in [6.45, 7) is 10.8. The molecule has 0 unspecified atom stereocenters. The number of hydrogen-bond acceptors (Lipinski definition) is 3. The van der Waals surface area contributed by atoms with Gasteiger partial charge in [0.25, 0.3) is 0 Å². The van der Waals surface area contributed by atoms with Crippen molar-refractivity contribution in [3.8, 4) is 0 Å². The standard InChI is InChI=1S/C17H21ClN2S/c1-11(2)16-19-14(18)10-15(20-16)21-13-8-6-12(7-9-13)17(3,4)5/h6-11H,1-5H3. The Kier molecular flexibility index (Phi) is 4.95. The summed E-state index contributed by atoms with van der Waals surface area (Å²) in [5.74, 6) is 1.06. The molecule has 0 N–H and O–H groups in total. The highest BCUT2D eigenvalue weighted by Crippen LogP contribution is 2.30. The molecule has 0 aliphatic heterocycles. The highest BCUT2D eigenvalue weighted by molar-refractivity contribution is 7.99. The Morgan fingerprint density at radius 3 is 2.19 bits per heavy atom. The van der Waals surface area contributed by atoms with Crippen molar-refractivity contribution in [1.82, 2.24) is 9.97 Å². The summed E-state index contributed by atoms with van der Waals surface area (Å²) in [4.78, 5) is 9.99. The molecule has 2 nitrogen and oxygen atoms in total. The van der Waals surface area contributed by atoms with E-state index in [0.29, 0.717) is 5.15 Å². The first kappa shape index (κ1) is 16.3. The summed E-state index contributed by atoms with van der Waals surface area (Å²) in [6.07, 6.45) is 0. The molecule has 21 heavy (non-hydrogen) atoms. The van der Waals surface area contributed by atoms with Crippen LogP contribution in [-0.4, -0.2) is 9.97 Å². The average molecular weight is 321 g/mol. The van der Waals surface area contributed by atoms with Gasteiger partial charge in [0.2, 0.25) is 0 Å². The van der Waals surface area contributed by atoms with E-state index in [1.54, 1.807) is 11.8 Å². The first-order valence-corrected chi connectivity index (χ1v) is 8.28. The van der Waals surface area contributed by atoms with Crippen LogP contribution < -0.4 is 0 Å². The molecule has 0 radical (unpaired) electrons. The summed E-state index contributed by atoms with van der Waals surface area (Å²) in [7, 11) is 0. The third kappa shape index (κ3) is 4.45. The fourth-order valence-corrected chi connectivity index (χ4v) is 2.95. The maximum absolute atomic E-state index is 6.08. The Labute approximate surface area is 136 Å². The van der Waals surface area contributed by atoms with Gasteiger partial charge in [-0.05, 0) is 23.1 Å². The van der Waals surface area contributed by atoms with Crippen molar-refractivity contribution < 1.29 is 0 Å². The van der Waals surface area contributed by atoms with Gasteiger partial charge < -0.3 is 0 Å². The van der Waals surface area contributed by atoms with E-state index in [4.69, 9.17) is 11.6 Å². The van der Waals surface area contributed by atoms with Gasteiger partial charge in [-0.15, -0.1) is 0 Å². The zero-order chi connectivity index (χ0) is 15.6. The summed E-state index contributed by atoms with van der Waals surface area (Å²) >= 11 is 7.70. The third-order valence-electron chi connectivity index (χ3n) is 3.15. The number of halogens is 1. The minimum absolute atomic E-state index is 0.173. The smallest absolute Gasteiger partial charge is 0.133 e. The van der Waals surface area contributed by atoms with E-state index in [0.717, 1.165) is 15.7 Å². The van der Waals surface area contributed by atoms with E-state index in [1.165, 1.54) is 5.56 Å². The zero-order valence-corrected chi connectivity index (χ0v) is 14.7. The van der Waals surface area contributed by atoms with Crippen molar-refractivity contribution in [1.29, 1.82) is 0 Å². The molecule has 0 saturated heterocycles. The van der Waals surface area contributed by atoms with Crippen LogP contribution >= 0.6 is 23.4 Å². The fourth-order valence-electron chi connectivity index (χ4n) is 1.87. The van der Waals surface area contributed by atoms with E-state index in [9.17, 15) is 0 Å². The van der Waals surface area contributed by atoms with Crippen molar-refractivity contribution in [2.24, 2.45) is 0 Å². The van der Waals surface area contributed by atoms with Gasteiger partial charge in [-0.3, -0.25) is 0 Å². The molecule has 0 spiro atoms. The van der Waals surface area contributed by atoms with E-state index in [2.05, 4.69) is 68.9 Å². The van der Waals surface area contributed by atoms with Crippen LogP contribution in [-0.2, 0) is 5.41 Å². The second kappa shape index (κ2) is 6.37. The van der Waals surface area contributed by atoms with Crippen molar-refractivity contribution >= 4 is 23.4 Å². The minimum atomic E-state index is 0.173. The van der Waals surface area contributed by atoms with Gasteiger partial charge in [-0.1, -0.05) is 70.1 Å². The fraction of sp³-hybridized carbons (Fsp3) is 0.412. The first-order valence-electron chi connectivity index (χ1n) is 7.08. The third-order valence-corrected chi connectivity index (χ3v) is 4.27. The van der Waals surface area contributed by atoms with E-state index < -0.39 is 0 Å². The molecule has 2 rings (SSSR count). The molecule has 0 fully saturated rings. The van der Waals surface area contributed by atoms with Crippen molar-refractivity contribution in [3.05, 3.63) is 46.9 Å². The van der Waals surface area contributed by atoms with Crippen LogP contribution in [0.3, 0.4) is 0 Å². The van der Waals surface area contributed by atoms with Gasteiger partial charge in [0.15, 0.2) is 0 Å². The van der Waals surface area contributed by atoms with E-state index in [-0.39, 0.29) is 11.3 Å². The number of rotatable bonds is 3. The SMILES string of the molecule is CC(C)c1nc(Cl)cc(Sc2ccc(C(C)(C)C)cc2)n1. The number of nitrogens with zero attached hydrogens (tertiary/aromatic N) is 2. The van der Waals surface area contributed by atoms with Crippen LogP contribution in [0.2, 0.25) is 5.15 Å². The summed E-state index contributed by atoms with van der Waals surface area (Å²) in [5, 5.41) is 1.39. The van der Waals surface area contributed by atoms with Crippen molar-refractivity contribution in [2.45, 2.75) is 55.9 Å². The van der Waals surface area contributed by atoms with Gasteiger partial charge in [-0.25, -0.2) is 9.97 Å². The minimum Gasteiger partial charge on any atom is -0.226 e. The molecule has 2 aromatic rings. The van der Waals surface area contributed by atoms with Crippen LogP contribution in [0.15, 0.2) is 40.3 Å². The zero-order valence-electron chi connectivity index (χ0n) is 13.1. The highest BCUT2D eigenvalue weighted by Gasteiger charge is 2.13. The first-order chi connectivity index (χ1) is 9.75. The van der Waals surface area contributed by atoms with Crippen LogP contribution in [0, 0.1) is 0 Å². The number of aromatic nitrogens is 2. The molecule has 0 bridgehead atoms. The molecule has 1 aromatic heterocycles. The lowest BCUT2D eigenvalue weighted by molar-refractivity contribution is 0.590. The molecular formula is C17H21ClN2S. The van der Waals surface area contributed by atoms with Crippen LogP contribution in [0.1, 0.15) is 51.9 Å². The molecule has 112 valence electrons. The van der Waals surface area contributed by atoms with Crippen LogP contribution in [0.25, 0.3) is 0 Å². The summed E-state index contributed by atoms with van der Waals surface area (Å²) in [5.41, 5.74) is 1.50. The van der Waals surface area contributed by atoms with Crippen molar-refractivity contribution in [3.63, 3.8) is 0 Å². The lowest BCUT2D eigenvalue weighted by Crippen LogP contribution is -2.10. The molecule has 0 amide bonds. The van der Waals surface area contributed by atoms with Gasteiger partial charge in [0.05, 0.1) is 0 Å². The number of benzene rings is 1. The lowest BCUT2D eigenvalue weighted by atomic mass is 9.87. The molecule has 0 aliphatic rings. The molecular weight excluding hydrogens is 300 g/mol. The highest BCUT2D eigenvalue weighted by atomic mass is 35.5. The van der Waals surface area contributed by atoms with Crippen LogP contribution in [0.5, 0.6) is 0 Å². The molecule has 0 atom stereocenters. The maximum Gasteiger partial charge on any atom is 0.133 e. The molecule has 1 aromatic carbocycles. The van der Waals surface area contributed by atoms with Crippen LogP contribution in [0.4, 0.5) is 0 Å². The summed E-state index contributed by atoms with van der Waals surface area (Å²) < 4.78 is 0. The Morgan fingerprint density at radius 2 is 1.67 bits per heavy atom. The molecule has 1 heterocycles. The Morgan fingerprint density at radius 1 is 1.05 bits per heavy atom. The van der Waals surface area contributed by atoms with E-state index >= 15 is 0 Å². The Hall–Kier alpha value is -1.06. The average Bonchev–Trinajstić information content (AvgIpc) is 2.37. The second-order valence-corrected chi connectivity index (χ2v) is 7.90. The summed E-state index contributed by atoms with van der Waals surface area (Å²) in [6, 6.07) is 10.4. The van der Waals surface area contributed by atoms with Gasteiger partial charge >= 0.3 is 0 Å². The second-order valence-electron chi connectivity index (χ2n) is 6.42. The quantitative estimate of drug-likeness (QED) is 0.678. The predicted octanol–water partition coefficient (Wildman–Crippen LogP) is 5.70. The predicted molar refractivity (Wildman–Crippen MR) is 90.4 cm³/mol.